The number of rotatable bonds is 25. The molecule has 234 valence electrons. The van der Waals surface area contributed by atoms with Crippen molar-refractivity contribution in [2.24, 2.45) is 5.92 Å². The summed E-state index contributed by atoms with van der Waals surface area (Å²) in [5, 5.41) is 9.90. The SMILES string of the molecule is CCCCCCCCCCCCCCCCCCCCCC(=O)OC(C(CC)CO)n1cnc2c(=O)[nH]c(N)nc21. The van der Waals surface area contributed by atoms with Gasteiger partial charge in [-0.25, -0.2) is 4.98 Å². The lowest BCUT2D eigenvalue weighted by atomic mass is 10.0. The van der Waals surface area contributed by atoms with E-state index < -0.39 is 11.8 Å². The van der Waals surface area contributed by atoms with Crippen molar-refractivity contribution < 1.29 is 14.6 Å². The zero-order valence-electron chi connectivity index (χ0n) is 25.9. The van der Waals surface area contributed by atoms with Gasteiger partial charge in [-0.15, -0.1) is 0 Å². The first-order valence-electron chi connectivity index (χ1n) is 16.5. The standard InChI is InChI=1S/C32H57N5O4/c1-3-5-6-7-8-9-10-11-12-13-14-15-16-17-18-19-20-21-22-23-27(39)41-31(26(4-2)24-38)37-25-34-28-29(37)35-32(33)36-30(28)40/h25-26,31,38H,3-24H2,1-2H3,(H3,33,35,36,40). The van der Waals surface area contributed by atoms with E-state index in [-0.39, 0.29) is 35.6 Å². The van der Waals surface area contributed by atoms with E-state index in [1.54, 1.807) is 0 Å². The molecule has 0 bridgehead atoms. The van der Waals surface area contributed by atoms with E-state index in [0.29, 0.717) is 12.8 Å². The molecule has 0 spiro atoms. The van der Waals surface area contributed by atoms with Crippen LogP contribution in [0.3, 0.4) is 0 Å². The van der Waals surface area contributed by atoms with Crippen LogP contribution in [0.4, 0.5) is 5.95 Å². The Morgan fingerprint density at radius 3 is 1.83 bits per heavy atom. The van der Waals surface area contributed by atoms with Crippen LogP contribution in [-0.2, 0) is 9.53 Å². The summed E-state index contributed by atoms with van der Waals surface area (Å²) in [6.07, 6.45) is 26.3. The third-order valence-corrected chi connectivity index (χ3v) is 8.12. The van der Waals surface area contributed by atoms with Crippen molar-refractivity contribution >= 4 is 23.1 Å². The fourth-order valence-electron chi connectivity index (χ4n) is 5.47. The molecule has 0 radical (unpaired) electrons. The number of nitrogen functional groups attached to an aromatic ring is 1. The Hall–Kier alpha value is -2.42. The van der Waals surface area contributed by atoms with Gasteiger partial charge >= 0.3 is 5.97 Å². The molecule has 2 atom stereocenters. The number of ether oxygens (including phenoxy) is 1. The normalized spacial score (nSPS) is 13.0. The van der Waals surface area contributed by atoms with Gasteiger partial charge in [-0.2, -0.15) is 4.98 Å². The molecule has 2 aromatic rings. The number of aliphatic hydroxyl groups is 1. The molecule has 2 heterocycles. The minimum absolute atomic E-state index is 0.0412. The molecule has 4 N–H and O–H groups in total. The van der Waals surface area contributed by atoms with Crippen molar-refractivity contribution in [2.75, 3.05) is 12.3 Å². The summed E-state index contributed by atoms with van der Waals surface area (Å²) in [5.41, 5.74) is 5.61. The highest BCUT2D eigenvalue weighted by atomic mass is 16.6. The first-order valence-corrected chi connectivity index (χ1v) is 16.5. The van der Waals surface area contributed by atoms with Crippen molar-refractivity contribution in [3.63, 3.8) is 0 Å². The zero-order valence-corrected chi connectivity index (χ0v) is 25.9. The number of nitrogens with two attached hydrogens (primary N) is 1. The minimum Gasteiger partial charge on any atom is -0.441 e. The third-order valence-electron chi connectivity index (χ3n) is 8.12. The quantitative estimate of drug-likeness (QED) is 0.0819. The summed E-state index contributed by atoms with van der Waals surface area (Å²) >= 11 is 0. The van der Waals surface area contributed by atoms with Gasteiger partial charge in [0.1, 0.15) is 6.33 Å². The number of aromatic amines is 1. The second kappa shape index (κ2) is 21.3. The van der Waals surface area contributed by atoms with E-state index in [1.165, 1.54) is 114 Å². The van der Waals surface area contributed by atoms with E-state index in [0.717, 1.165) is 19.3 Å². The highest BCUT2D eigenvalue weighted by Crippen LogP contribution is 2.26. The Labute approximate surface area is 247 Å². The maximum absolute atomic E-state index is 12.7. The molecule has 2 unspecified atom stereocenters. The van der Waals surface area contributed by atoms with Crippen LogP contribution >= 0.6 is 0 Å². The van der Waals surface area contributed by atoms with Gasteiger partial charge < -0.3 is 15.6 Å². The van der Waals surface area contributed by atoms with Crippen LogP contribution in [0.2, 0.25) is 0 Å². The van der Waals surface area contributed by atoms with Crippen LogP contribution in [0.15, 0.2) is 11.1 Å². The highest BCUT2D eigenvalue weighted by Gasteiger charge is 2.28. The number of imidazole rings is 1. The Kier molecular flexibility index (Phi) is 18.1. The van der Waals surface area contributed by atoms with Gasteiger partial charge in [-0.05, 0) is 12.8 Å². The number of nitrogens with zero attached hydrogens (tertiary/aromatic N) is 3. The number of anilines is 1. The van der Waals surface area contributed by atoms with Crippen LogP contribution in [0, 0.1) is 5.92 Å². The summed E-state index contributed by atoms with van der Waals surface area (Å²) in [6, 6.07) is 0. The maximum Gasteiger partial charge on any atom is 0.307 e. The van der Waals surface area contributed by atoms with Gasteiger partial charge in [0, 0.05) is 12.3 Å². The Balaban J connectivity index is 1.54. The molecule has 0 saturated heterocycles. The van der Waals surface area contributed by atoms with Crippen LogP contribution in [0.25, 0.3) is 11.2 Å². The predicted molar refractivity (Wildman–Crippen MR) is 167 cm³/mol. The number of carbonyl (C=O) groups is 1. The van der Waals surface area contributed by atoms with E-state index in [4.69, 9.17) is 10.5 Å². The third kappa shape index (κ3) is 13.4. The highest BCUT2D eigenvalue weighted by molar-refractivity contribution is 5.72. The molecule has 9 heteroatoms. The lowest BCUT2D eigenvalue weighted by Gasteiger charge is -2.26. The van der Waals surface area contributed by atoms with Crippen LogP contribution in [-0.4, -0.2) is 37.2 Å². The molecule has 0 aliphatic heterocycles. The topological polar surface area (TPSA) is 136 Å². The van der Waals surface area contributed by atoms with Crippen molar-refractivity contribution in [1.82, 2.24) is 19.5 Å². The van der Waals surface area contributed by atoms with Gasteiger partial charge in [0.15, 0.2) is 17.4 Å². The minimum atomic E-state index is -0.809. The lowest BCUT2D eigenvalue weighted by Crippen LogP contribution is -2.27. The average Bonchev–Trinajstić information content (AvgIpc) is 3.38. The average molecular weight is 576 g/mol. The number of carbonyl (C=O) groups excluding carboxylic acids is 1. The number of hydrogen-bond donors (Lipinski definition) is 3. The molecule has 0 aliphatic rings. The van der Waals surface area contributed by atoms with E-state index in [1.807, 2.05) is 6.92 Å². The number of unbranched alkanes of at least 4 members (excludes halogenated alkanes) is 18. The molecule has 0 saturated carbocycles. The number of fused-ring (bicyclic) bond motifs is 1. The van der Waals surface area contributed by atoms with Gasteiger partial charge in [0.25, 0.3) is 5.56 Å². The Bertz CT molecular complexity index is 1020. The Morgan fingerprint density at radius 1 is 0.878 bits per heavy atom. The summed E-state index contributed by atoms with van der Waals surface area (Å²) in [6.45, 7) is 4.01. The number of nitrogens with one attached hydrogen (secondary N) is 1. The van der Waals surface area contributed by atoms with Gasteiger partial charge in [0.2, 0.25) is 5.95 Å². The molecule has 0 amide bonds. The van der Waals surface area contributed by atoms with Crippen molar-refractivity contribution in [1.29, 1.82) is 0 Å². The smallest absolute Gasteiger partial charge is 0.307 e. The fourth-order valence-corrected chi connectivity index (χ4v) is 5.47. The molecule has 0 aromatic carbocycles. The molecular weight excluding hydrogens is 518 g/mol. The number of aliphatic hydroxyl groups excluding tert-OH is 1. The number of hydrogen-bond acceptors (Lipinski definition) is 7. The van der Waals surface area contributed by atoms with Crippen molar-refractivity contribution in [2.45, 2.75) is 155 Å². The predicted octanol–water partition coefficient (Wildman–Crippen LogP) is 7.58. The summed E-state index contributed by atoms with van der Waals surface area (Å²) < 4.78 is 7.32. The molecule has 9 nitrogen and oxygen atoms in total. The van der Waals surface area contributed by atoms with Crippen LogP contribution < -0.4 is 11.3 Å². The first kappa shape index (κ1) is 34.8. The molecule has 2 rings (SSSR count). The summed E-state index contributed by atoms with van der Waals surface area (Å²) in [5.74, 6) is -0.724. The van der Waals surface area contributed by atoms with E-state index >= 15 is 0 Å². The molecule has 0 aliphatic carbocycles. The number of aromatic nitrogens is 4. The zero-order chi connectivity index (χ0) is 29.7. The second-order valence-electron chi connectivity index (χ2n) is 11.6. The maximum atomic E-state index is 12.7. The molecular formula is C32H57N5O4. The second-order valence-corrected chi connectivity index (χ2v) is 11.6. The largest absolute Gasteiger partial charge is 0.441 e. The van der Waals surface area contributed by atoms with Gasteiger partial charge in [0.05, 0.1) is 6.61 Å². The monoisotopic (exact) mass is 575 g/mol. The van der Waals surface area contributed by atoms with Crippen molar-refractivity contribution in [3.05, 3.63) is 16.7 Å². The number of H-pyrrole nitrogens is 1. The summed E-state index contributed by atoms with van der Waals surface area (Å²) in [4.78, 5) is 35.6. The lowest BCUT2D eigenvalue weighted by molar-refractivity contribution is -0.159. The van der Waals surface area contributed by atoms with Crippen LogP contribution in [0.1, 0.15) is 155 Å². The van der Waals surface area contributed by atoms with Gasteiger partial charge in [-0.3, -0.25) is 19.1 Å². The molecule has 0 fully saturated rings. The molecule has 41 heavy (non-hydrogen) atoms. The molecule has 2 aromatic heterocycles. The van der Waals surface area contributed by atoms with E-state index in [9.17, 15) is 14.7 Å². The Morgan fingerprint density at radius 2 is 1.37 bits per heavy atom. The number of esters is 1. The van der Waals surface area contributed by atoms with E-state index in [2.05, 4.69) is 21.9 Å². The van der Waals surface area contributed by atoms with Gasteiger partial charge in [-0.1, -0.05) is 129 Å². The fraction of sp³-hybridized carbons (Fsp3) is 0.812. The van der Waals surface area contributed by atoms with Crippen molar-refractivity contribution in [3.8, 4) is 0 Å². The van der Waals surface area contributed by atoms with Crippen LogP contribution in [0.5, 0.6) is 0 Å². The first-order chi connectivity index (χ1) is 20.0. The summed E-state index contributed by atoms with van der Waals surface area (Å²) in [7, 11) is 0.